The maximum absolute atomic E-state index is 12.9. The Morgan fingerprint density at radius 2 is 1.73 bits per heavy atom. The van der Waals surface area contributed by atoms with Crippen LogP contribution < -0.4 is 0 Å². The first-order valence-electron chi connectivity index (χ1n) is 8.52. The smallest absolute Gasteiger partial charge is 0.246 e. The van der Waals surface area contributed by atoms with Crippen LogP contribution in [0.2, 0.25) is 10.0 Å². The third-order valence-corrected chi connectivity index (χ3v) is 7.46. The van der Waals surface area contributed by atoms with E-state index in [0.717, 1.165) is 5.56 Å². The Morgan fingerprint density at radius 1 is 1.12 bits per heavy atom. The quantitative estimate of drug-likeness (QED) is 0.751. The van der Waals surface area contributed by atoms with Crippen LogP contribution in [0.1, 0.15) is 18.2 Å². The fourth-order valence-corrected chi connectivity index (χ4v) is 5.27. The fraction of sp³-hybridized carbons (Fsp3) is 0.471. The van der Waals surface area contributed by atoms with Crippen LogP contribution >= 0.6 is 23.2 Å². The Kier molecular flexibility index (Phi) is 5.94. The van der Waals surface area contributed by atoms with Crippen molar-refractivity contribution in [1.29, 1.82) is 0 Å². The molecule has 0 radical (unpaired) electrons. The van der Waals surface area contributed by atoms with E-state index in [-0.39, 0.29) is 0 Å². The topological polar surface area (TPSA) is 58.4 Å². The highest BCUT2D eigenvalue weighted by molar-refractivity contribution is 7.89. The lowest BCUT2D eigenvalue weighted by Crippen LogP contribution is -2.48. The van der Waals surface area contributed by atoms with E-state index >= 15 is 0 Å². The second-order valence-electron chi connectivity index (χ2n) is 6.29. The maximum Gasteiger partial charge on any atom is 0.246 e. The van der Waals surface area contributed by atoms with Crippen LogP contribution in [0.5, 0.6) is 0 Å². The first-order valence-corrected chi connectivity index (χ1v) is 10.7. The summed E-state index contributed by atoms with van der Waals surface area (Å²) in [5, 5.41) is 5.43. The molecule has 9 heteroatoms. The molecule has 1 saturated heterocycles. The summed E-state index contributed by atoms with van der Waals surface area (Å²) >= 11 is 12.5. The van der Waals surface area contributed by atoms with Crippen molar-refractivity contribution < 1.29 is 8.42 Å². The molecule has 0 saturated carbocycles. The Balaban J connectivity index is 1.69. The average Bonchev–Trinajstić information content (AvgIpc) is 3.00. The first-order chi connectivity index (χ1) is 12.3. The van der Waals surface area contributed by atoms with E-state index in [1.54, 1.807) is 11.6 Å². The summed E-state index contributed by atoms with van der Waals surface area (Å²) in [5.41, 5.74) is 1.56. The van der Waals surface area contributed by atoms with Gasteiger partial charge in [-0.05, 0) is 26.0 Å². The number of sulfonamides is 1. The zero-order valence-corrected chi connectivity index (χ0v) is 17.1. The zero-order valence-electron chi connectivity index (χ0n) is 14.8. The second kappa shape index (κ2) is 7.86. The molecule has 0 amide bonds. The minimum absolute atomic E-state index is 0.293. The number of piperazine rings is 1. The molecule has 1 fully saturated rings. The molecule has 0 bridgehead atoms. The number of rotatable bonds is 5. The number of aryl methyl sites for hydroxylation is 1. The maximum atomic E-state index is 12.9. The van der Waals surface area contributed by atoms with Crippen LogP contribution in [-0.2, 0) is 23.1 Å². The van der Waals surface area contributed by atoms with Crippen molar-refractivity contribution in [2.45, 2.75) is 31.8 Å². The molecule has 142 valence electrons. The van der Waals surface area contributed by atoms with Gasteiger partial charge in [0.2, 0.25) is 10.0 Å². The molecule has 1 aromatic heterocycles. The normalized spacial score (nSPS) is 16.9. The second-order valence-corrected chi connectivity index (χ2v) is 9.01. The number of hydrogen-bond donors (Lipinski definition) is 0. The van der Waals surface area contributed by atoms with Crippen molar-refractivity contribution in [3.63, 3.8) is 0 Å². The van der Waals surface area contributed by atoms with Gasteiger partial charge in [0.15, 0.2) is 0 Å². The minimum atomic E-state index is -3.52. The van der Waals surface area contributed by atoms with Crippen molar-refractivity contribution in [2.24, 2.45) is 0 Å². The predicted octanol–water partition coefficient (Wildman–Crippen LogP) is 3.02. The van der Waals surface area contributed by atoms with Gasteiger partial charge in [-0.15, -0.1) is 0 Å². The van der Waals surface area contributed by atoms with Crippen LogP contribution in [0, 0.1) is 6.92 Å². The lowest BCUT2D eigenvalue weighted by Gasteiger charge is -2.34. The molecule has 2 heterocycles. The largest absolute Gasteiger partial charge is 0.296 e. The highest BCUT2D eigenvalue weighted by Gasteiger charge is 2.31. The molecule has 3 rings (SSSR count). The molecule has 0 atom stereocenters. The lowest BCUT2D eigenvalue weighted by atomic mass is 10.2. The number of halogens is 2. The van der Waals surface area contributed by atoms with Crippen LogP contribution in [0.3, 0.4) is 0 Å². The van der Waals surface area contributed by atoms with Gasteiger partial charge in [0.1, 0.15) is 4.90 Å². The predicted molar refractivity (Wildman–Crippen MR) is 103 cm³/mol. The Labute approximate surface area is 164 Å². The molecule has 0 N–H and O–H groups in total. The molecule has 1 aliphatic rings. The van der Waals surface area contributed by atoms with Crippen molar-refractivity contribution in [1.82, 2.24) is 19.0 Å². The van der Waals surface area contributed by atoms with E-state index in [1.165, 1.54) is 10.5 Å². The van der Waals surface area contributed by atoms with E-state index in [4.69, 9.17) is 23.2 Å². The summed E-state index contributed by atoms with van der Waals surface area (Å²) in [7, 11) is -3.52. The Morgan fingerprint density at radius 3 is 2.27 bits per heavy atom. The fourth-order valence-electron chi connectivity index (χ4n) is 3.18. The molecule has 0 unspecified atom stereocenters. The van der Waals surface area contributed by atoms with E-state index in [1.807, 2.05) is 25.1 Å². The highest BCUT2D eigenvalue weighted by atomic mass is 35.5. The molecule has 6 nitrogen and oxygen atoms in total. The molecule has 1 aromatic carbocycles. The lowest BCUT2D eigenvalue weighted by molar-refractivity contribution is 0.181. The third kappa shape index (κ3) is 3.77. The standard InChI is InChI=1S/C17H22Cl2N4O2S/c1-3-23-13(2)17(11-20-23)26(24,25)22-9-7-21(8-10-22)12-14-15(18)5-4-6-16(14)19/h4-6,11H,3,7-10,12H2,1-2H3. The highest BCUT2D eigenvalue weighted by Crippen LogP contribution is 2.27. The molecule has 2 aromatic rings. The summed E-state index contributed by atoms with van der Waals surface area (Å²) in [6, 6.07) is 5.45. The summed E-state index contributed by atoms with van der Waals surface area (Å²) < 4.78 is 29.1. The molecular formula is C17H22Cl2N4O2S. The summed E-state index contributed by atoms with van der Waals surface area (Å²) in [5.74, 6) is 0. The number of benzene rings is 1. The Hall–Kier alpha value is -1.12. The van der Waals surface area contributed by atoms with Crippen LogP contribution in [0.4, 0.5) is 0 Å². The van der Waals surface area contributed by atoms with Gasteiger partial charge < -0.3 is 0 Å². The summed E-state index contributed by atoms with van der Waals surface area (Å²) in [6.07, 6.45) is 1.45. The average molecular weight is 417 g/mol. The Bertz CT molecular complexity index is 870. The van der Waals surface area contributed by atoms with Gasteiger partial charge in [0, 0.05) is 54.9 Å². The molecule has 0 aliphatic carbocycles. The van der Waals surface area contributed by atoms with Crippen LogP contribution in [0.25, 0.3) is 0 Å². The number of hydrogen-bond acceptors (Lipinski definition) is 4. The van der Waals surface area contributed by atoms with Gasteiger partial charge in [0.05, 0.1) is 11.9 Å². The van der Waals surface area contributed by atoms with E-state index in [0.29, 0.717) is 59.9 Å². The van der Waals surface area contributed by atoms with Gasteiger partial charge >= 0.3 is 0 Å². The molecular weight excluding hydrogens is 395 g/mol. The summed E-state index contributed by atoms with van der Waals surface area (Å²) in [4.78, 5) is 2.46. The first kappa shape index (κ1) is 19.6. The molecule has 0 spiro atoms. The van der Waals surface area contributed by atoms with Crippen LogP contribution in [0.15, 0.2) is 29.3 Å². The van der Waals surface area contributed by atoms with Gasteiger partial charge in [-0.25, -0.2) is 8.42 Å². The minimum Gasteiger partial charge on any atom is -0.296 e. The van der Waals surface area contributed by atoms with Crippen molar-refractivity contribution in [3.05, 3.63) is 45.7 Å². The van der Waals surface area contributed by atoms with Gasteiger partial charge in [-0.1, -0.05) is 29.3 Å². The van der Waals surface area contributed by atoms with Gasteiger partial charge in [0.25, 0.3) is 0 Å². The molecule has 26 heavy (non-hydrogen) atoms. The van der Waals surface area contributed by atoms with Gasteiger partial charge in [-0.3, -0.25) is 9.58 Å². The SMILES string of the molecule is CCn1ncc(S(=O)(=O)N2CCN(Cc3c(Cl)cccc3Cl)CC2)c1C. The summed E-state index contributed by atoms with van der Waals surface area (Å²) in [6.45, 7) is 7.10. The van der Waals surface area contributed by atoms with Crippen molar-refractivity contribution >= 4 is 33.2 Å². The van der Waals surface area contributed by atoms with Gasteiger partial charge in [-0.2, -0.15) is 9.40 Å². The third-order valence-electron chi connectivity index (χ3n) is 4.75. The monoisotopic (exact) mass is 416 g/mol. The zero-order chi connectivity index (χ0) is 18.9. The van der Waals surface area contributed by atoms with Crippen molar-refractivity contribution in [2.75, 3.05) is 26.2 Å². The molecule has 1 aliphatic heterocycles. The van der Waals surface area contributed by atoms with E-state index in [9.17, 15) is 8.42 Å². The number of nitrogens with zero attached hydrogens (tertiary/aromatic N) is 4. The number of aromatic nitrogens is 2. The van der Waals surface area contributed by atoms with Crippen molar-refractivity contribution in [3.8, 4) is 0 Å². The van der Waals surface area contributed by atoms with E-state index < -0.39 is 10.0 Å². The van der Waals surface area contributed by atoms with E-state index in [2.05, 4.69) is 10.00 Å². The van der Waals surface area contributed by atoms with Crippen LogP contribution in [-0.4, -0.2) is 53.6 Å².